The van der Waals surface area contributed by atoms with Gasteiger partial charge in [0, 0.05) is 30.9 Å². The average molecular weight is 222 g/mol. The molecule has 0 aliphatic carbocycles. The van der Waals surface area contributed by atoms with Gasteiger partial charge in [-0.15, -0.1) is 0 Å². The third-order valence-electron chi connectivity index (χ3n) is 3.64. The summed E-state index contributed by atoms with van der Waals surface area (Å²) in [6.45, 7) is 5.50. The lowest BCUT2D eigenvalue weighted by Crippen LogP contribution is -2.40. The molecule has 1 aromatic rings. The van der Waals surface area contributed by atoms with Crippen molar-refractivity contribution < 1.29 is 0 Å². The standard InChI is InChI=1S/C12H22N4/c1-10-11(9-14-16(10)3)8-13-12-4-6-15(2)7-5-12/h9,12-13H,4-8H2,1-3H3. The second-order valence-electron chi connectivity index (χ2n) is 4.84. The van der Waals surface area contributed by atoms with E-state index in [2.05, 4.69) is 29.3 Å². The molecule has 1 aromatic heterocycles. The molecule has 4 nitrogen and oxygen atoms in total. The smallest absolute Gasteiger partial charge is 0.0537 e. The van der Waals surface area contributed by atoms with Crippen LogP contribution in [0.15, 0.2) is 6.20 Å². The number of nitrogens with zero attached hydrogens (tertiary/aromatic N) is 3. The number of aromatic nitrogens is 2. The average Bonchev–Trinajstić information content (AvgIpc) is 2.60. The molecule has 1 fully saturated rings. The summed E-state index contributed by atoms with van der Waals surface area (Å²) in [5, 5.41) is 7.89. The highest BCUT2D eigenvalue weighted by Crippen LogP contribution is 2.10. The number of piperidine rings is 1. The van der Waals surface area contributed by atoms with Crippen LogP contribution in [0.4, 0.5) is 0 Å². The van der Waals surface area contributed by atoms with Gasteiger partial charge in [0.15, 0.2) is 0 Å². The van der Waals surface area contributed by atoms with E-state index in [4.69, 9.17) is 0 Å². The summed E-state index contributed by atoms with van der Waals surface area (Å²) in [6, 6.07) is 0.677. The van der Waals surface area contributed by atoms with Crippen LogP contribution in [-0.2, 0) is 13.6 Å². The Labute approximate surface area is 97.6 Å². The Kier molecular flexibility index (Phi) is 3.61. The highest BCUT2D eigenvalue weighted by molar-refractivity contribution is 5.15. The first-order valence-electron chi connectivity index (χ1n) is 6.06. The van der Waals surface area contributed by atoms with Gasteiger partial charge in [0.1, 0.15) is 0 Å². The highest BCUT2D eigenvalue weighted by Gasteiger charge is 2.16. The molecule has 0 amide bonds. The van der Waals surface area contributed by atoms with Crippen LogP contribution in [0.5, 0.6) is 0 Å². The number of likely N-dealkylation sites (tertiary alicyclic amines) is 1. The largest absolute Gasteiger partial charge is 0.310 e. The summed E-state index contributed by atoms with van der Waals surface area (Å²) in [6.07, 6.45) is 4.49. The minimum atomic E-state index is 0.677. The van der Waals surface area contributed by atoms with Gasteiger partial charge in [-0.1, -0.05) is 0 Å². The maximum atomic E-state index is 4.26. The number of aryl methyl sites for hydroxylation is 1. The maximum absolute atomic E-state index is 4.26. The van der Waals surface area contributed by atoms with E-state index >= 15 is 0 Å². The fraction of sp³-hybridized carbons (Fsp3) is 0.750. The fourth-order valence-electron chi connectivity index (χ4n) is 2.18. The maximum Gasteiger partial charge on any atom is 0.0537 e. The van der Waals surface area contributed by atoms with Crippen molar-refractivity contribution in [2.24, 2.45) is 7.05 Å². The summed E-state index contributed by atoms with van der Waals surface area (Å²) in [7, 11) is 4.19. The first kappa shape index (κ1) is 11.6. The van der Waals surface area contributed by atoms with E-state index in [9.17, 15) is 0 Å². The normalized spacial score (nSPS) is 19.2. The van der Waals surface area contributed by atoms with E-state index in [0.717, 1.165) is 6.54 Å². The summed E-state index contributed by atoms with van der Waals surface area (Å²) < 4.78 is 1.94. The predicted octanol–water partition coefficient (Wildman–Crippen LogP) is 0.912. The SMILES string of the molecule is Cc1c(CNC2CCN(C)CC2)cnn1C. The Morgan fingerprint density at radius 3 is 2.62 bits per heavy atom. The van der Waals surface area contributed by atoms with Gasteiger partial charge in [-0.05, 0) is 39.9 Å². The number of nitrogens with one attached hydrogen (secondary N) is 1. The Morgan fingerprint density at radius 1 is 1.38 bits per heavy atom. The zero-order chi connectivity index (χ0) is 11.5. The summed E-state index contributed by atoms with van der Waals surface area (Å²) >= 11 is 0. The van der Waals surface area contributed by atoms with E-state index in [0.29, 0.717) is 6.04 Å². The minimum absolute atomic E-state index is 0.677. The molecule has 16 heavy (non-hydrogen) atoms. The van der Waals surface area contributed by atoms with Crippen LogP contribution >= 0.6 is 0 Å². The van der Waals surface area contributed by atoms with Crippen molar-refractivity contribution in [3.05, 3.63) is 17.5 Å². The second kappa shape index (κ2) is 4.97. The molecular weight excluding hydrogens is 200 g/mol. The first-order chi connectivity index (χ1) is 7.66. The van der Waals surface area contributed by atoms with Crippen LogP contribution in [0, 0.1) is 6.92 Å². The lowest BCUT2D eigenvalue weighted by atomic mass is 10.1. The summed E-state index contributed by atoms with van der Waals surface area (Å²) in [4.78, 5) is 2.40. The van der Waals surface area contributed by atoms with Gasteiger partial charge in [0.2, 0.25) is 0 Å². The molecule has 2 heterocycles. The molecule has 1 aliphatic heterocycles. The molecule has 0 saturated carbocycles. The van der Waals surface area contributed by atoms with E-state index in [1.165, 1.54) is 37.2 Å². The molecule has 1 aliphatic rings. The molecule has 0 atom stereocenters. The highest BCUT2D eigenvalue weighted by atomic mass is 15.3. The topological polar surface area (TPSA) is 33.1 Å². The van der Waals surface area contributed by atoms with Crippen molar-refractivity contribution in [2.75, 3.05) is 20.1 Å². The zero-order valence-electron chi connectivity index (χ0n) is 10.5. The van der Waals surface area contributed by atoms with E-state index in [-0.39, 0.29) is 0 Å². The molecular formula is C12H22N4. The Bertz CT molecular complexity index is 337. The Morgan fingerprint density at radius 2 is 2.06 bits per heavy atom. The molecule has 0 unspecified atom stereocenters. The number of hydrogen-bond donors (Lipinski definition) is 1. The molecule has 0 bridgehead atoms. The summed E-state index contributed by atoms with van der Waals surface area (Å²) in [5.74, 6) is 0. The lowest BCUT2D eigenvalue weighted by Gasteiger charge is -2.29. The Balaban J connectivity index is 1.81. The van der Waals surface area contributed by atoms with Crippen LogP contribution in [0.2, 0.25) is 0 Å². The number of hydrogen-bond acceptors (Lipinski definition) is 3. The van der Waals surface area contributed by atoms with Crippen LogP contribution in [0.3, 0.4) is 0 Å². The van der Waals surface area contributed by atoms with Gasteiger partial charge in [0.05, 0.1) is 6.20 Å². The second-order valence-corrected chi connectivity index (χ2v) is 4.84. The third kappa shape index (κ3) is 2.62. The van der Waals surface area contributed by atoms with Crippen LogP contribution in [-0.4, -0.2) is 40.9 Å². The Hall–Kier alpha value is -0.870. The van der Waals surface area contributed by atoms with Gasteiger partial charge in [0.25, 0.3) is 0 Å². The van der Waals surface area contributed by atoms with Crippen molar-refractivity contribution >= 4 is 0 Å². The van der Waals surface area contributed by atoms with Gasteiger partial charge in [-0.2, -0.15) is 5.10 Å². The van der Waals surface area contributed by atoms with Gasteiger partial charge in [-0.25, -0.2) is 0 Å². The third-order valence-corrected chi connectivity index (χ3v) is 3.64. The van der Waals surface area contributed by atoms with Crippen molar-refractivity contribution in [1.82, 2.24) is 20.0 Å². The van der Waals surface area contributed by atoms with E-state index in [1.54, 1.807) is 0 Å². The van der Waals surface area contributed by atoms with Crippen LogP contribution in [0.1, 0.15) is 24.1 Å². The van der Waals surface area contributed by atoms with E-state index < -0.39 is 0 Å². The molecule has 0 aromatic carbocycles. The molecule has 0 spiro atoms. The monoisotopic (exact) mass is 222 g/mol. The lowest BCUT2D eigenvalue weighted by molar-refractivity contribution is 0.234. The molecule has 2 rings (SSSR count). The quantitative estimate of drug-likeness (QED) is 0.825. The minimum Gasteiger partial charge on any atom is -0.310 e. The van der Waals surface area contributed by atoms with Crippen LogP contribution < -0.4 is 5.32 Å². The number of rotatable bonds is 3. The fourth-order valence-corrected chi connectivity index (χ4v) is 2.18. The first-order valence-corrected chi connectivity index (χ1v) is 6.06. The van der Waals surface area contributed by atoms with Gasteiger partial charge < -0.3 is 10.2 Å². The van der Waals surface area contributed by atoms with Crippen molar-refractivity contribution in [3.8, 4) is 0 Å². The molecule has 90 valence electrons. The van der Waals surface area contributed by atoms with Gasteiger partial charge >= 0.3 is 0 Å². The summed E-state index contributed by atoms with van der Waals surface area (Å²) in [5.41, 5.74) is 2.59. The van der Waals surface area contributed by atoms with Crippen molar-refractivity contribution in [2.45, 2.75) is 32.4 Å². The molecule has 1 saturated heterocycles. The van der Waals surface area contributed by atoms with E-state index in [1.807, 2.05) is 17.9 Å². The van der Waals surface area contributed by atoms with Crippen molar-refractivity contribution in [1.29, 1.82) is 0 Å². The predicted molar refractivity (Wildman–Crippen MR) is 65.3 cm³/mol. The van der Waals surface area contributed by atoms with Crippen LogP contribution in [0.25, 0.3) is 0 Å². The van der Waals surface area contributed by atoms with Gasteiger partial charge in [-0.3, -0.25) is 4.68 Å². The molecule has 0 radical (unpaired) electrons. The van der Waals surface area contributed by atoms with Crippen molar-refractivity contribution in [3.63, 3.8) is 0 Å². The molecule has 4 heteroatoms. The zero-order valence-corrected chi connectivity index (χ0v) is 10.5. The molecule has 1 N–H and O–H groups in total.